The number of nitrogens with zero attached hydrogens (tertiary/aromatic N) is 2. The van der Waals surface area contributed by atoms with Gasteiger partial charge in [-0.3, -0.25) is 14.4 Å². The molecule has 2 unspecified atom stereocenters. The summed E-state index contributed by atoms with van der Waals surface area (Å²) in [5, 5.41) is 31.7. The summed E-state index contributed by atoms with van der Waals surface area (Å²) in [5.74, 6) is -5.69. The number of aliphatic hydroxyl groups excluding tert-OH is 1. The summed E-state index contributed by atoms with van der Waals surface area (Å²) in [4.78, 5) is 40.7. The summed E-state index contributed by atoms with van der Waals surface area (Å²) < 4.78 is 2.01. The molecule has 2 aliphatic carbocycles. The van der Waals surface area contributed by atoms with Crippen molar-refractivity contribution in [2.75, 3.05) is 31.1 Å². The molecular formula is C24H33N2O6+. The fourth-order valence-electron chi connectivity index (χ4n) is 5.15. The Labute approximate surface area is 188 Å². The van der Waals surface area contributed by atoms with Gasteiger partial charge in [0.25, 0.3) is 0 Å². The van der Waals surface area contributed by atoms with Gasteiger partial charge in [0.05, 0.1) is 36.3 Å². The smallest absolute Gasteiger partial charge is 0.162 e. The van der Waals surface area contributed by atoms with E-state index in [9.17, 15) is 29.7 Å². The first-order valence-corrected chi connectivity index (χ1v) is 11.4. The van der Waals surface area contributed by atoms with Crippen LogP contribution in [0.25, 0.3) is 0 Å². The third-order valence-corrected chi connectivity index (χ3v) is 6.90. The highest BCUT2D eigenvalue weighted by Gasteiger charge is 2.59. The van der Waals surface area contributed by atoms with Crippen molar-refractivity contribution >= 4 is 28.7 Å². The van der Waals surface area contributed by atoms with E-state index in [-0.39, 0.29) is 35.7 Å². The van der Waals surface area contributed by atoms with Crippen molar-refractivity contribution in [3.8, 4) is 11.5 Å². The van der Waals surface area contributed by atoms with E-state index in [1.807, 2.05) is 37.2 Å². The van der Waals surface area contributed by atoms with Gasteiger partial charge in [-0.1, -0.05) is 0 Å². The van der Waals surface area contributed by atoms with Crippen LogP contribution in [-0.2, 0) is 14.4 Å². The fraction of sp³-hybridized carbons (Fsp3) is 0.583. The Balaban J connectivity index is 1.85. The lowest BCUT2D eigenvalue weighted by Crippen LogP contribution is -2.57. The van der Waals surface area contributed by atoms with E-state index in [0.717, 1.165) is 5.71 Å². The first kappa shape index (κ1) is 23.9. The van der Waals surface area contributed by atoms with Crippen LogP contribution in [0.1, 0.15) is 52.0 Å². The van der Waals surface area contributed by atoms with Crippen molar-refractivity contribution in [3.05, 3.63) is 17.7 Å². The van der Waals surface area contributed by atoms with Crippen molar-refractivity contribution in [1.29, 1.82) is 0 Å². The molecule has 0 spiro atoms. The monoisotopic (exact) mass is 445 g/mol. The highest BCUT2D eigenvalue weighted by Crippen LogP contribution is 2.48. The van der Waals surface area contributed by atoms with Gasteiger partial charge in [0.15, 0.2) is 17.3 Å². The Hall–Kier alpha value is -2.74. The molecule has 3 rings (SSSR count). The van der Waals surface area contributed by atoms with Crippen LogP contribution in [0.4, 0.5) is 5.69 Å². The average Bonchev–Trinajstić information content (AvgIpc) is 2.75. The van der Waals surface area contributed by atoms with Gasteiger partial charge in [0, 0.05) is 30.9 Å². The molecule has 32 heavy (non-hydrogen) atoms. The van der Waals surface area contributed by atoms with Gasteiger partial charge in [0.2, 0.25) is 0 Å². The minimum atomic E-state index is -1.32. The van der Waals surface area contributed by atoms with E-state index in [1.165, 1.54) is 12.1 Å². The molecule has 8 heteroatoms. The van der Waals surface area contributed by atoms with E-state index in [2.05, 4.69) is 0 Å². The molecule has 2 atom stereocenters. The number of ketones is 3. The summed E-state index contributed by atoms with van der Waals surface area (Å²) in [6.45, 7) is 10.5. The van der Waals surface area contributed by atoms with E-state index in [1.54, 1.807) is 0 Å². The summed E-state index contributed by atoms with van der Waals surface area (Å²) in [5.41, 5.74) is 1.28. The van der Waals surface area contributed by atoms with Crippen LogP contribution in [0.3, 0.4) is 0 Å². The Kier molecular flexibility index (Phi) is 7.03. The quantitative estimate of drug-likeness (QED) is 0.431. The van der Waals surface area contributed by atoms with E-state index < -0.39 is 35.4 Å². The number of rotatable bonds is 7. The molecule has 8 nitrogen and oxygen atoms in total. The molecule has 0 radical (unpaired) electrons. The number of aromatic hydroxyl groups is 2. The highest BCUT2D eigenvalue weighted by molar-refractivity contribution is 6.30. The molecule has 0 heterocycles. The molecule has 3 N–H and O–H groups in total. The van der Waals surface area contributed by atoms with Crippen LogP contribution in [-0.4, -0.2) is 75.2 Å². The minimum Gasteiger partial charge on any atom is -0.507 e. The third-order valence-electron chi connectivity index (χ3n) is 6.90. The van der Waals surface area contributed by atoms with E-state index >= 15 is 0 Å². The Morgan fingerprint density at radius 1 is 0.969 bits per heavy atom. The summed E-state index contributed by atoms with van der Waals surface area (Å²) in [7, 11) is 0. The second-order valence-corrected chi connectivity index (χ2v) is 8.46. The molecule has 1 aromatic carbocycles. The van der Waals surface area contributed by atoms with Crippen LogP contribution >= 0.6 is 0 Å². The van der Waals surface area contributed by atoms with Crippen molar-refractivity contribution < 1.29 is 34.3 Å². The molecule has 2 fully saturated rings. The largest absolute Gasteiger partial charge is 0.507 e. The number of anilines is 1. The zero-order valence-corrected chi connectivity index (χ0v) is 19.2. The molecule has 0 aliphatic heterocycles. The van der Waals surface area contributed by atoms with Gasteiger partial charge in [0.1, 0.15) is 36.3 Å². The SMILES string of the molecule is CCN(CC)c1cc(O)c(C2C(=O)C(C3C(=O)CC(=[N+](CC)CC)CC3O)C2=O)c(O)c1. The fourth-order valence-corrected chi connectivity index (χ4v) is 5.15. The van der Waals surface area contributed by atoms with Gasteiger partial charge < -0.3 is 20.2 Å². The summed E-state index contributed by atoms with van der Waals surface area (Å²) in [6, 6.07) is 2.86. The van der Waals surface area contributed by atoms with Crippen LogP contribution in [0.5, 0.6) is 11.5 Å². The van der Waals surface area contributed by atoms with Gasteiger partial charge >= 0.3 is 0 Å². The second-order valence-electron chi connectivity index (χ2n) is 8.46. The van der Waals surface area contributed by atoms with Crippen LogP contribution in [0.2, 0.25) is 0 Å². The zero-order chi connectivity index (χ0) is 23.7. The average molecular weight is 446 g/mol. The molecule has 0 aromatic heterocycles. The standard InChI is InChI=1S/C24H32N2O6/c1-5-25(6-2)13-9-15(27)19(16(28)10-13)21-23(31)22(24(21)32)20-17(29)11-14(12-18(20)30)26(7-3)8-4/h9-10,17,20-22,29H,5-8,11-12H2,1-4H3,(H-,27,28)/p+1. The number of Topliss-reactive ketones (excluding diaryl/α,β-unsaturated/α-hetero) is 3. The number of phenolic OH excluding ortho intramolecular Hbond substituents is 2. The maximum absolute atomic E-state index is 13.0. The maximum Gasteiger partial charge on any atom is 0.162 e. The van der Waals surface area contributed by atoms with Crippen LogP contribution in [0.15, 0.2) is 12.1 Å². The first-order chi connectivity index (χ1) is 15.2. The van der Waals surface area contributed by atoms with Gasteiger partial charge in [-0.2, -0.15) is 0 Å². The van der Waals surface area contributed by atoms with Gasteiger partial charge in [-0.25, -0.2) is 4.58 Å². The van der Waals surface area contributed by atoms with E-state index in [0.29, 0.717) is 31.9 Å². The van der Waals surface area contributed by atoms with Gasteiger partial charge in [-0.15, -0.1) is 0 Å². The van der Waals surface area contributed by atoms with E-state index in [4.69, 9.17) is 0 Å². The molecule has 2 saturated carbocycles. The van der Waals surface area contributed by atoms with Crippen molar-refractivity contribution in [2.45, 2.75) is 52.6 Å². The topological polar surface area (TPSA) is 118 Å². The lowest BCUT2D eigenvalue weighted by Gasteiger charge is -2.40. The number of aliphatic hydroxyl groups is 1. The second kappa shape index (κ2) is 9.40. The van der Waals surface area contributed by atoms with Crippen LogP contribution in [0, 0.1) is 11.8 Å². The predicted octanol–water partition coefficient (Wildman–Crippen LogP) is 1.63. The summed E-state index contributed by atoms with van der Waals surface area (Å²) in [6.07, 6.45) is -0.757. The molecule has 0 bridgehead atoms. The van der Waals surface area contributed by atoms with Gasteiger partial charge in [-0.05, 0) is 27.7 Å². The van der Waals surface area contributed by atoms with Crippen molar-refractivity contribution in [1.82, 2.24) is 0 Å². The number of carbonyl (C=O) groups is 3. The number of phenols is 2. The first-order valence-electron chi connectivity index (χ1n) is 11.4. The number of benzene rings is 1. The molecule has 2 aliphatic rings. The lowest BCUT2D eigenvalue weighted by atomic mass is 9.59. The van der Waals surface area contributed by atoms with Crippen LogP contribution < -0.4 is 4.90 Å². The highest BCUT2D eigenvalue weighted by atomic mass is 16.3. The maximum atomic E-state index is 13.0. The Morgan fingerprint density at radius 2 is 1.50 bits per heavy atom. The van der Waals surface area contributed by atoms with Crippen molar-refractivity contribution in [2.24, 2.45) is 11.8 Å². The summed E-state index contributed by atoms with van der Waals surface area (Å²) >= 11 is 0. The lowest BCUT2D eigenvalue weighted by molar-refractivity contribution is -0.523. The molecule has 174 valence electrons. The third kappa shape index (κ3) is 3.92. The Morgan fingerprint density at radius 3 is 1.94 bits per heavy atom. The molecular weight excluding hydrogens is 412 g/mol. The molecule has 0 saturated heterocycles. The zero-order valence-electron chi connectivity index (χ0n) is 19.2. The predicted molar refractivity (Wildman–Crippen MR) is 120 cm³/mol. The minimum absolute atomic E-state index is 0.111. The molecule has 0 amide bonds. The number of hydrogen-bond acceptors (Lipinski definition) is 7. The normalized spacial score (nSPS) is 25.7. The number of carbonyl (C=O) groups excluding carboxylic acids is 3. The van der Waals surface area contributed by atoms with Crippen molar-refractivity contribution in [3.63, 3.8) is 0 Å². The molecule has 1 aromatic rings. The Bertz CT molecular complexity index is 920. The number of hydrogen-bond donors (Lipinski definition) is 3.